The quantitative estimate of drug-likeness (QED) is 0.423. The van der Waals surface area contributed by atoms with Crippen molar-refractivity contribution in [3.63, 3.8) is 0 Å². The van der Waals surface area contributed by atoms with Gasteiger partial charge in [-0.15, -0.1) is 22.7 Å². The molecule has 1 atom stereocenters. The van der Waals surface area contributed by atoms with Gasteiger partial charge in [0.2, 0.25) is 5.91 Å². The van der Waals surface area contributed by atoms with Crippen LogP contribution in [-0.4, -0.2) is 77.1 Å². The van der Waals surface area contributed by atoms with Crippen LogP contribution in [0.25, 0.3) is 10.7 Å². The normalized spacial score (nSPS) is 19.9. The zero-order valence-electron chi connectivity index (χ0n) is 21.2. The fourth-order valence-electron chi connectivity index (χ4n) is 4.64. The average molecular weight is 542 g/mol. The van der Waals surface area contributed by atoms with Crippen molar-refractivity contribution in [2.24, 2.45) is 4.99 Å². The number of hydrogen-bond donors (Lipinski definition) is 3. The van der Waals surface area contributed by atoms with E-state index in [0.717, 1.165) is 48.5 Å². The Bertz CT molecular complexity index is 1290. The van der Waals surface area contributed by atoms with Gasteiger partial charge in [0.25, 0.3) is 11.8 Å². The third-order valence-electron chi connectivity index (χ3n) is 6.80. The molecule has 0 bridgehead atoms. The number of likely N-dealkylation sites (N-methyl/N-ethyl adjacent to an activating group) is 1. The number of aromatic nitrogens is 2. The molecule has 0 aromatic carbocycles. The van der Waals surface area contributed by atoms with Crippen LogP contribution in [0.5, 0.6) is 0 Å². The Morgan fingerprint density at radius 1 is 1.19 bits per heavy atom. The summed E-state index contributed by atoms with van der Waals surface area (Å²) < 4.78 is 0. The molecule has 1 saturated carbocycles. The van der Waals surface area contributed by atoms with Crippen LogP contribution in [-0.2, 0) is 16.1 Å². The molecule has 12 heteroatoms. The highest BCUT2D eigenvalue weighted by molar-refractivity contribution is 7.14. The van der Waals surface area contributed by atoms with Crippen LogP contribution in [0.15, 0.2) is 26.9 Å². The van der Waals surface area contributed by atoms with E-state index in [1.54, 1.807) is 5.38 Å². The summed E-state index contributed by atoms with van der Waals surface area (Å²) in [4.78, 5) is 53.6. The highest BCUT2D eigenvalue weighted by Gasteiger charge is 2.54. The summed E-state index contributed by atoms with van der Waals surface area (Å²) in [5.74, 6) is -0.427. The Kier molecular flexibility index (Phi) is 7.24. The lowest BCUT2D eigenvalue weighted by molar-refractivity contribution is -0.120. The zero-order chi connectivity index (χ0) is 26.2. The number of nitrogens with zero attached hydrogens (tertiary/aromatic N) is 4. The molecule has 1 spiro atoms. The molecule has 1 fully saturated rings. The highest BCUT2D eigenvalue weighted by atomic mass is 32.1. The summed E-state index contributed by atoms with van der Waals surface area (Å²) in [6.45, 7) is 3.65. The molecule has 0 radical (unpaired) electrons. The number of carbonyl (C=O) groups is 3. The van der Waals surface area contributed by atoms with Crippen LogP contribution in [0.1, 0.15) is 54.5 Å². The molecule has 2 aliphatic heterocycles. The Morgan fingerprint density at radius 3 is 2.70 bits per heavy atom. The topological polar surface area (TPSA) is 129 Å². The van der Waals surface area contributed by atoms with Crippen molar-refractivity contribution in [1.29, 1.82) is 0 Å². The predicted octanol–water partition coefficient (Wildman–Crippen LogP) is 2.15. The van der Waals surface area contributed by atoms with Crippen molar-refractivity contribution in [3.05, 3.63) is 32.6 Å². The maximum Gasteiger partial charge on any atom is 0.270 e. The molecule has 196 valence electrons. The first kappa shape index (κ1) is 25.7. The van der Waals surface area contributed by atoms with E-state index in [4.69, 9.17) is 0 Å². The van der Waals surface area contributed by atoms with E-state index >= 15 is 0 Å². The van der Waals surface area contributed by atoms with Gasteiger partial charge in [0.05, 0.1) is 24.1 Å². The lowest BCUT2D eigenvalue weighted by Crippen LogP contribution is -2.32. The minimum Gasteiger partial charge on any atom is -0.349 e. The lowest BCUT2D eigenvalue weighted by Gasteiger charge is -2.13. The average Bonchev–Trinajstić information content (AvgIpc) is 3.27. The number of rotatable bonds is 10. The highest BCUT2D eigenvalue weighted by Crippen LogP contribution is 2.49. The van der Waals surface area contributed by atoms with Gasteiger partial charge in [-0.25, -0.2) is 9.97 Å². The molecule has 37 heavy (non-hydrogen) atoms. The molecular weight excluding hydrogens is 510 g/mol. The van der Waals surface area contributed by atoms with Crippen LogP contribution in [0.4, 0.5) is 0 Å². The van der Waals surface area contributed by atoms with E-state index in [1.807, 2.05) is 24.4 Å². The monoisotopic (exact) mass is 541 g/mol. The maximum absolute atomic E-state index is 12.9. The van der Waals surface area contributed by atoms with Crippen LogP contribution in [0.2, 0.25) is 0 Å². The van der Waals surface area contributed by atoms with E-state index in [1.165, 1.54) is 22.7 Å². The molecule has 1 unspecified atom stereocenters. The Morgan fingerprint density at radius 2 is 2.00 bits per heavy atom. The lowest BCUT2D eigenvalue weighted by atomic mass is 9.95. The van der Waals surface area contributed by atoms with Crippen molar-refractivity contribution < 1.29 is 14.4 Å². The fourth-order valence-corrected chi connectivity index (χ4v) is 6.20. The minimum absolute atomic E-state index is 0.0908. The third kappa shape index (κ3) is 5.65. The van der Waals surface area contributed by atoms with Crippen LogP contribution < -0.4 is 16.0 Å². The summed E-state index contributed by atoms with van der Waals surface area (Å²) in [7, 11) is 3.90. The first-order valence-electron chi connectivity index (χ1n) is 12.5. The SMILES string of the molecule is CC1CCC(C2=C(CC(=O)NCc3nc(-c4nc(C(=O)NCCN(C)C)cs4)cs3)C3(CC3)NC2=O)=N1. The molecule has 3 aliphatic rings. The molecule has 1 aliphatic carbocycles. The molecule has 2 aromatic heterocycles. The van der Waals surface area contributed by atoms with Crippen LogP contribution in [0.3, 0.4) is 0 Å². The van der Waals surface area contributed by atoms with E-state index in [2.05, 4.69) is 37.8 Å². The van der Waals surface area contributed by atoms with Gasteiger partial charge < -0.3 is 20.9 Å². The summed E-state index contributed by atoms with van der Waals surface area (Å²) in [6.07, 6.45) is 3.63. The van der Waals surface area contributed by atoms with Crippen molar-refractivity contribution in [3.8, 4) is 10.7 Å². The van der Waals surface area contributed by atoms with Gasteiger partial charge in [-0.2, -0.15) is 0 Å². The first-order valence-corrected chi connectivity index (χ1v) is 14.2. The second kappa shape index (κ2) is 10.4. The number of carbonyl (C=O) groups excluding carboxylic acids is 3. The second-order valence-corrected chi connectivity index (χ2v) is 11.8. The van der Waals surface area contributed by atoms with E-state index in [0.29, 0.717) is 35.1 Å². The van der Waals surface area contributed by atoms with Crippen molar-refractivity contribution >= 4 is 46.1 Å². The minimum atomic E-state index is -0.353. The molecule has 2 aromatic rings. The molecule has 0 saturated heterocycles. The Hall–Kier alpha value is -2.96. The summed E-state index contributed by atoms with van der Waals surface area (Å²) in [5.41, 5.74) is 3.08. The molecule has 3 N–H and O–H groups in total. The van der Waals surface area contributed by atoms with Gasteiger partial charge in [0, 0.05) is 35.6 Å². The molecule has 10 nitrogen and oxygen atoms in total. The standard InChI is InChI=1S/C25H31N7O3S2/c1-14-4-5-16(28-14)21-15(25(6-7-25)31-23(21)35)10-19(33)27-11-20-29-18(13-36-20)24-30-17(12-37-24)22(34)26-8-9-32(2)3/h12-14H,4-11H2,1-3H3,(H,26,34)(H,27,33)(H,31,35). The molecular formula is C25H31N7O3S2. The second-order valence-electron chi connectivity index (χ2n) is 10.0. The zero-order valence-corrected chi connectivity index (χ0v) is 22.9. The van der Waals surface area contributed by atoms with Gasteiger partial charge in [-0.1, -0.05) is 0 Å². The summed E-state index contributed by atoms with van der Waals surface area (Å²) in [6, 6.07) is 0.214. The number of hydrogen-bond acceptors (Lipinski definition) is 9. The third-order valence-corrected chi connectivity index (χ3v) is 8.51. The molecule has 3 amide bonds. The van der Waals surface area contributed by atoms with Gasteiger partial charge in [-0.05, 0) is 52.3 Å². The molecule has 5 rings (SSSR count). The predicted molar refractivity (Wildman–Crippen MR) is 144 cm³/mol. The first-order chi connectivity index (χ1) is 17.7. The maximum atomic E-state index is 12.9. The number of thiazole rings is 2. The van der Waals surface area contributed by atoms with Gasteiger partial charge in [0.1, 0.15) is 21.4 Å². The van der Waals surface area contributed by atoms with Gasteiger partial charge in [-0.3, -0.25) is 19.4 Å². The summed E-state index contributed by atoms with van der Waals surface area (Å²) >= 11 is 2.80. The fraction of sp³-hybridized carbons (Fsp3) is 0.520. The van der Waals surface area contributed by atoms with Gasteiger partial charge in [0.15, 0.2) is 0 Å². The van der Waals surface area contributed by atoms with Crippen LogP contribution in [0, 0.1) is 0 Å². The van der Waals surface area contributed by atoms with Crippen molar-refractivity contribution in [2.45, 2.75) is 57.2 Å². The van der Waals surface area contributed by atoms with Crippen LogP contribution >= 0.6 is 22.7 Å². The number of amides is 3. The summed E-state index contributed by atoms with van der Waals surface area (Å²) in [5, 5.41) is 13.9. The molecule has 4 heterocycles. The van der Waals surface area contributed by atoms with E-state index in [-0.39, 0.29) is 35.7 Å². The van der Waals surface area contributed by atoms with Gasteiger partial charge >= 0.3 is 0 Å². The number of nitrogens with one attached hydrogen (secondary N) is 3. The largest absolute Gasteiger partial charge is 0.349 e. The Labute approximate surface area is 223 Å². The smallest absolute Gasteiger partial charge is 0.270 e. The van der Waals surface area contributed by atoms with Crippen molar-refractivity contribution in [2.75, 3.05) is 27.2 Å². The van der Waals surface area contributed by atoms with Crippen molar-refractivity contribution in [1.82, 2.24) is 30.8 Å². The van der Waals surface area contributed by atoms with E-state index < -0.39 is 0 Å². The van der Waals surface area contributed by atoms with E-state index in [9.17, 15) is 14.4 Å². The Balaban J connectivity index is 1.19. The number of aliphatic imine (C=N–C) groups is 1.